The van der Waals surface area contributed by atoms with E-state index in [1.807, 2.05) is 61.5 Å². The van der Waals surface area contributed by atoms with Crippen molar-refractivity contribution in [1.29, 1.82) is 0 Å². The Morgan fingerprint density at radius 1 is 0.891 bits per heavy atom. The Balaban J connectivity index is 1.46. The van der Waals surface area contributed by atoms with Gasteiger partial charge >= 0.3 is 0 Å². The fourth-order valence-electron chi connectivity index (χ4n) is 5.42. The molecule has 0 aliphatic rings. The van der Waals surface area contributed by atoms with Gasteiger partial charge < -0.3 is 16.2 Å². The maximum atomic E-state index is 14.5. The summed E-state index contributed by atoms with van der Waals surface area (Å²) in [7, 11) is -3.44. The largest absolute Gasteiger partial charge is 0.508 e. The Kier molecular flexibility index (Phi) is 7.88. The Bertz CT molecular complexity index is 2240. The third-order valence-electron chi connectivity index (χ3n) is 7.32. The zero-order valence-corrected chi connectivity index (χ0v) is 25.6. The number of anilines is 3. The number of pyridine rings is 1. The zero-order chi connectivity index (χ0) is 32.6. The third kappa shape index (κ3) is 6.37. The molecule has 0 aliphatic carbocycles. The minimum atomic E-state index is -3.44. The molecular weight excluding hydrogens is 607 g/mol. The SMILES string of the molecule is C[C@H](Nc1cc(-c2cc(O)cc(F)c2)nc(N)n1)c1cc2cccc(-c3ccc(NS(C)(=O)=O)cc3)c2c(=O)n1-c1ccccc1. The Labute approximate surface area is 264 Å². The average molecular weight is 637 g/mol. The minimum absolute atomic E-state index is 0.0580. The number of nitrogen functional groups attached to an aromatic ring is 1. The van der Waals surface area contributed by atoms with Gasteiger partial charge in [-0.25, -0.2) is 17.8 Å². The molecule has 0 amide bonds. The van der Waals surface area contributed by atoms with Crippen molar-refractivity contribution in [2.75, 3.05) is 22.0 Å². The number of nitrogens with zero attached hydrogens (tertiary/aromatic N) is 3. The van der Waals surface area contributed by atoms with Crippen LogP contribution >= 0.6 is 0 Å². The lowest BCUT2D eigenvalue weighted by atomic mass is 9.97. The number of halogens is 1. The van der Waals surface area contributed by atoms with Gasteiger partial charge in [0.25, 0.3) is 5.56 Å². The summed E-state index contributed by atoms with van der Waals surface area (Å²) in [5.41, 5.74) is 9.52. The highest BCUT2D eigenvalue weighted by Gasteiger charge is 2.20. The van der Waals surface area contributed by atoms with Crippen molar-refractivity contribution in [2.45, 2.75) is 13.0 Å². The van der Waals surface area contributed by atoms with Crippen LogP contribution < -0.4 is 21.3 Å². The molecule has 4 aromatic carbocycles. The number of nitrogens with one attached hydrogen (secondary N) is 2. The number of hydrogen-bond donors (Lipinski definition) is 4. The molecule has 0 saturated heterocycles. The Morgan fingerprint density at radius 2 is 1.63 bits per heavy atom. The lowest BCUT2D eigenvalue weighted by molar-refractivity contribution is 0.469. The normalized spacial score (nSPS) is 12.2. The first-order chi connectivity index (χ1) is 21.9. The molecule has 0 unspecified atom stereocenters. The molecule has 5 N–H and O–H groups in total. The van der Waals surface area contributed by atoms with Crippen LogP contribution in [0, 0.1) is 5.82 Å². The van der Waals surface area contributed by atoms with E-state index in [9.17, 15) is 22.7 Å². The summed E-state index contributed by atoms with van der Waals surface area (Å²) in [6.45, 7) is 1.88. The van der Waals surface area contributed by atoms with Crippen molar-refractivity contribution in [2.24, 2.45) is 0 Å². The van der Waals surface area contributed by atoms with Gasteiger partial charge in [-0.1, -0.05) is 48.5 Å². The first kappa shape index (κ1) is 30.3. The van der Waals surface area contributed by atoms with Crippen molar-refractivity contribution in [1.82, 2.24) is 14.5 Å². The summed E-state index contributed by atoms with van der Waals surface area (Å²) >= 11 is 0. The van der Waals surface area contributed by atoms with Gasteiger partial charge in [-0.15, -0.1) is 0 Å². The molecule has 232 valence electrons. The van der Waals surface area contributed by atoms with E-state index in [-0.39, 0.29) is 17.3 Å². The predicted octanol–water partition coefficient (Wildman–Crippen LogP) is 6.09. The average Bonchev–Trinajstić information content (AvgIpc) is 3.00. The van der Waals surface area contributed by atoms with E-state index >= 15 is 0 Å². The number of phenols is 1. The molecule has 0 aliphatic heterocycles. The molecule has 2 aromatic heterocycles. The fraction of sp³-hybridized carbons (Fsp3) is 0.0882. The number of para-hydroxylation sites is 1. The summed E-state index contributed by atoms with van der Waals surface area (Å²) < 4.78 is 41.5. The van der Waals surface area contributed by atoms with Gasteiger partial charge in [0.2, 0.25) is 16.0 Å². The number of aromatic nitrogens is 3. The van der Waals surface area contributed by atoms with E-state index in [1.165, 1.54) is 12.1 Å². The number of benzene rings is 4. The smallest absolute Gasteiger partial charge is 0.263 e. The predicted molar refractivity (Wildman–Crippen MR) is 179 cm³/mol. The summed E-state index contributed by atoms with van der Waals surface area (Å²) in [6, 6.07) is 28.3. The fourth-order valence-corrected chi connectivity index (χ4v) is 5.99. The van der Waals surface area contributed by atoms with Crippen molar-refractivity contribution in [3.8, 4) is 33.8 Å². The van der Waals surface area contributed by atoms with E-state index in [4.69, 9.17) is 5.73 Å². The molecule has 0 bridgehead atoms. The number of fused-ring (bicyclic) bond motifs is 1. The maximum absolute atomic E-state index is 14.5. The van der Waals surface area contributed by atoms with Crippen LogP contribution in [0.15, 0.2) is 108 Å². The van der Waals surface area contributed by atoms with E-state index in [0.29, 0.717) is 50.5 Å². The summed E-state index contributed by atoms with van der Waals surface area (Å²) in [5.74, 6) is -0.599. The molecule has 12 heteroatoms. The lowest BCUT2D eigenvalue weighted by Crippen LogP contribution is -2.26. The molecule has 0 fully saturated rings. The van der Waals surface area contributed by atoms with Crippen LogP contribution in [0.4, 0.5) is 21.8 Å². The summed E-state index contributed by atoms with van der Waals surface area (Å²) in [6.07, 6.45) is 1.08. The number of sulfonamides is 1. The molecule has 10 nitrogen and oxygen atoms in total. The Morgan fingerprint density at radius 3 is 2.33 bits per heavy atom. The van der Waals surface area contributed by atoms with Gasteiger partial charge in [-0.05, 0) is 65.9 Å². The lowest BCUT2D eigenvalue weighted by Gasteiger charge is -2.22. The van der Waals surface area contributed by atoms with Crippen LogP contribution in [0.25, 0.3) is 38.8 Å². The maximum Gasteiger partial charge on any atom is 0.263 e. The second-order valence-corrected chi connectivity index (χ2v) is 12.6. The van der Waals surface area contributed by atoms with Gasteiger partial charge in [0.05, 0.1) is 23.4 Å². The van der Waals surface area contributed by atoms with Crippen molar-refractivity contribution in [3.05, 3.63) is 125 Å². The number of phenolic OH excluding ortho intramolecular Hbond substituents is 1. The van der Waals surface area contributed by atoms with Gasteiger partial charge in [0.1, 0.15) is 17.4 Å². The second kappa shape index (κ2) is 12.0. The first-order valence-electron chi connectivity index (χ1n) is 14.2. The molecule has 1 atom stereocenters. The van der Waals surface area contributed by atoms with Crippen LogP contribution in [-0.4, -0.2) is 34.3 Å². The molecule has 46 heavy (non-hydrogen) atoms. The topological polar surface area (TPSA) is 152 Å². The van der Waals surface area contributed by atoms with Gasteiger partial charge in [0.15, 0.2) is 0 Å². The summed E-state index contributed by atoms with van der Waals surface area (Å²) in [5, 5.41) is 14.4. The van der Waals surface area contributed by atoms with Crippen LogP contribution in [0.3, 0.4) is 0 Å². The molecule has 0 saturated carbocycles. The third-order valence-corrected chi connectivity index (χ3v) is 7.93. The van der Waals surface area contributed by atoms with Crippen LogP contribution in [-0.2, 0) is 10.0 Å². The van der Waals surface area contributed by atoms with E-state index in [1.54, 1.807) is 34.9 Å². The van der Waals surface area contributed by atoms with E-state index in [0.717, 1.165) is 17.9 Å². The van der Waals surface area contributed by atoms with Gasteiger partial charge in [-0.3, -0.25) is 14.1 Å². The number of nitrogens with two attached hydrogens (primary N) is 1. The monoisotopic (exact) mass is 636 g/mol. The molecule has 0 radical (unpaired) electrons. The number of rotatable bonds is 8. The van der Waals surface area contributed by atoms with Crippen LogP contribution in [0.1, 0.15) is 18.7 Å². The highest BCUT2D eigenvalue weighted by molar-refractivity contribution is 7.92. The van der Waals surface area contributed by atoms with E-state index < -0.39 is 21.9 Å². The zero-order valence-electron chi connectivity index (χ0n) is 24.8. The summed E-state index contributed by atoms with van der Waals surface area (Å²) in [4.78, 5) is 23.0. The van der Waals surface area contributed by atoms with E-state index in [2.05, 4.69) is 20.0 Å². The molecule has 2 heterocycles. The Hall–Kier alpha value is -5.75. The molecule has 6 rings (SSSR count). The first-order valence-corrected chi connectivity index (χ1v) is 16.1. The van der Waals surface area contributed by atoms with Gasteiger partial charge in [0, 0.05) is 34.8 Å². The molecule has 6 aromatic rings. The molecular formula is C34H29FN6O4S. The highest BCUT2D eigenvalue weighted by Crippen LogP contribution is 2.32. The van der Waals surface area contributed by atoms with Crippen molar-refractivity contribution in [3.63, 3.8) is 0 Å². The van der Waals surface area contributed by atoms with Crippen molar-refractivity contribution >= 4 is 38.2 Å². The highest BCUT2D eigenvalue weighted by atomic mass is 32.2. The molecule has 0 spiro atoms. The van der Waals surface area contributed by atoms with Crippen molar-refractivity contribution < 1.29 is 17.9 Å². The quantitative estimate of drug-likeness (QED) is 0.157. The van der Waals surface area contributed by atoms with Crippen LogP contribution in [0.5, 0.6) is 5.75 Å². The standard InChI is InChI=1S/C34H29FN6O4S/c1-20(37-31-19-29(38-34(36)39-31)23-15-24(35)18-27(42)16-23)30-17-22-7-6-10-28(21-11-13-25(14-12-21)40-46(2,44)45)32(22)33(43)41(30)26-8-4-3-5-9-26/h3-20,40,42H,1-2H3,(H3,36,37,38,39)/t20-/m0/s1. The minimum Gasteiger partial charge on any atom is -0.508 e. The van der Waals surface area contributed by atoms with Gasteiger partial charge in [-0.2, -0.15) is 4.98 Å². The number of aromatic hydroxyl groups is 1. The van der Waals surface area contributed by atoms with Crippen LogP contribution in [0.2, 0.25) is 0 Å². The second-order valence-electron chi connectivity index (χ2n) is 10.8. The number of hydrogen-bond acceptors (Lipinski definition) is 8.